The molecule has 1 fully saturated rings. The van der Waals surface area contributed by atoms with Gasteiger partial charge in [-0.25, -0.2) is 9.59 Å². The van der Waals surface area contributed by atoms with Crippen molar-refractivity contribution in [2.45, 2.75) is 38.4 Å². The Morgan fingerprint density at radius 2 is 2.16 bits per heavy atom. The molecule has 1 saturated heterocycles. The summed E-state index contributed by atoms with van der Waals surface area (Å²) in [6, 6.07) is 0. The van der Waals surface area contributed by atoms with E-state index in [1.54, 1.807) is 6.08 Å². The molecule has 1 aliphatic carbocycles. The summed E-state index contributed by atoms with van der Waals surface area (Å²) in [5.41, 5.74) is 1.93. The summed E-state index contributed by atoms with van der Waals surface area (Å²) in [6.45, 7) is 8.55. The maximum Gasteiger partial charge on any atom is 0.336 e. The Labute approximate surface area is 147 Å². The van der Waals surface area contributed by atoms with E-state index in [2.05, 4.69) is 13.2 Å². The Bertz CT molecular complexity index is 642. The molecule has 0 bridgehead atoms. The number of fused-ring (bicyclic) bond motifs is 1. The van der Waals surface area contributed by atoms with Gasteiger partial charge in [0.05, 0.1) is 24.7 Å². The molecule has 2 aliphatic rings. The lowest BCUT2D eigenvalue weighted by atomic mass is 9.85. The quantitative estimate of drug-likeness (QED) is 0.455. The van der Waals surface area contributed by atoms with Crippen LogP contribution in [0.25, 0.3) is 0 Å². The molecule has 0 aromatic carbocycles. The summed E-state index contributed by atoms with van der Waals surface area (Å²) < 4.78 is 10.9. The lowest BCUT2D eigenvalue weighted by molar-refractivity contribution is -0.147. The molecular weight excluding hydrogens is 324 g/mol. The minimum absolute atomic E-state index is 0.0577. The van der Waals surface area contributed by atoms with E-state index >= 15 is 0 Å². The number of esters is 2. The van der Waals surface area contributed by atoms with Crippen molar-refractivity contribution in [3.8, 4) is 0 Å². The molecule has 3 atom stereocenters. The second kappa shape index (κ2) is 8.27. The highest BCUT2D eigenvalue weighted by molar-refractivity contribution is 5.92. The number of aliphatic hydroxyl groups excluding tert-OH is 2. The van der Waals surface area contributed by atoms with E-state index < -0.39 is 36.7 Å². The fraction of sp³-hybridized carbons (Fsp3) is 0.474. The van der Waals surface area contributed by atoms with Crippen molar-refractivity contribution >= 4 is 11.9 Å². The van der Waals surface area contributed by atoms with Crippen molar-refractivity contribution in [2.24, 2.45) is 5.92 Å². The van der Waals surface area contributed by atoms with Gasteiger partial charge < -0.3 is 19.7 Å². The molecule has 6 heteroatoms. The van der Waals surface area contributed by atoms with Crippen LogP contribution in [-0.2, 0) is 19.1 Å². The summed E-state index contributed by atoms with van der Waals surface area (Å²) in [7, 11) is 0. The van der Waals surface area contributed by atoms with E-state index in [1.165, 1.54) is 0 Å². The van der Waals surface area contributed by atoms with Crippen LogP contribution in [0, 0.1) is 5.92 Å². The second-order valence-corrected chi connectivity index (χ2v) is 6.40. The van der Waals surface area contributed by atoms with Gasteiger partial charge in [-0.2, -0.15) is 0 Å². The molecule has 0 radical (unpaired) electrons. The van der Waals surface area contributed by atoms with Crippen LogP contribution >= 0.6 is 0 Å². The zero-order chi connectivity index (χ0) is 18.6. The number of carbonyl (C=O) groups is 2. The number of hydrogen-bond acceptors (Lipinski definition) is 6. The highest BCUT2D eigenvalue weighted by atomic mass is 16.6. The van der Waals surface area contributed by atoms with Crippen molar-refractivity contribution in [1.29, 1.82) is 0 Å². The Morgan fingerprint density at radius 3 is 2.80 bits per heavy atom. The molecule has 1 heterocycles. The van der Waals surface area contributed by atoms with E-state index in [-0.39, 0.29) is 17.8 Å². The zero-order valence-electron chi connectivity index (χ0n) is 14.4. The summed E-state index contributed by atoms with van der Waals surface area (Å²) in [6.07, 6.45) is 4.23. The maximum atomic E-state index is 12.1. The third-order valence-corrected chi connectivity index (χ3v) is 4.48. The van der Waals surface area contributed by atoms with E-state index in [1.807, 2.05) is 13.0 Å². The fourth-order valence-electron chi connectivity index (χ4n) is 3.06. The van der Waals surface area contributed by atoms with Crippen LogP contribution in [0.5, 0.6) is 0 Å². The van der Waals surface area contributed by atoms with Crippen molar-refractivity contribution < 1.29 is 29.3 Å². The van der Waals surface area contributed by atoms with Crippen molar-refractivity contribution in [3.63, 3.8) is 0 Å². The van der Waals surface area contributed by atoms with Gasteiger partial charge >= 0.3 is 11.9 Å². The normalized spacial score (nSPS) is 26.9. The number of aliphatic hydroxyl groups is 2. The molecule has 0 amide bonds. The number of rotatable bonds is 4. The maximum absolute atomic E-state index is 12.1. The minimum Gasteiger partial charge on any atom is -0.458 e. The van der Waals surface area contributed by atoms with Gasteiger partial charge in [-0.15, -0.1) is 0 Å². The summed E-state index contributed by atoms with van der Waals surface area (Å²) >= 11 is 0. The largest absolute Gasteiger partial charge is 0.458 e. The molecule has 6 nitrogen and oxygen atoms in total. The molecule has 0 spiro atoms. The first-order valence-electron chi connectivity index (χ1n) is 8.22. The van der Waals surface area contributed by atoms with E-state index in [9.17, 15) is 14.7 Å². The van der Waals surface area contributed by atoms with Crippen LogP contribution in [0.15, 0.2) is 47.6 Å². The Hall–Kier alpha value is -2.18. The highest BCUT2D eigenvalue weighted by Crippen LogP contribution is 2.36. The van der Waals surface area contributed by atoms with Crippen molar-refractivity contribution in [3.05, 3.63) is 47.6 Å². The van der Waals surface area contributed by atoms with Gasteiger partial charge in [-0.3, -0.25) is 0 Å². The van der Waals surface area contributed by atoms with Crippen molar-refractivity contribution in [1.82, 2.24) is 0 Å². The van der Waals surface area contributed by atoms with Gasteiger partial charge in [0, 0.05) is 12.0 Å². The molecule has 3 unspecified atom stereocenters. The Balaban J connectivity index is 2.38. The van der Waals surface area contributed by atoms with Gasteiger partial charge in [-0.05, 0) is 31.4 Å². The van der Waals surface area contributed by atoms with Gasteiger partial charge in [-0.1, -0.05) is 24.8 Å². The third-order valence-electron chi connectivity index (χ3n) is 4.48. The van der Waals surface area contributed by atoms with Gasteiger partial charge in [0.1, 0.15) is 12.2 Å². The molecule has 2 rings (SSSR count). The number of hydrogen-bond donors (Lipinski definition) is 2. The first-order chi connectivity index (χ1) is 11.9. The zero-order valence-corrected chi connectivity index (χ0v) is 14.4. The molecule has 0 aromatic rings. The molecule has 0 aromatic heterocycles. The summed E-state index contributed by atoms with van der Waals surface area (Å²) in [5, 5.41) is 18.6. The standard InChI is InChI=1S/C19H24O6/c1-11-5-4-6-14(10-21)8-16-17(13(3)19(23)25-16)15(7-11)24-18(22)12(2)9-20/h5,8,15-17,20-21H,2-4,6-7,9-10H2,1H3. The van der Waals surface area contributed by atoms with Gasteiger partial charge in [0.25, 0.3) is 0 Å². The SMILES string of the molecule is C=C(CO)C(=O)OC1CC(C)=CCCC(CO)=CC2OC(=O)C(=C)C21. The Kier molecular flexibility index (Phi) is 6.33. The lowest BCUT2D eigenvalue weighted by Crippen LogP contribution is -2.34. The second-order valence-electron chi connectivity index (χ2n) is 6.40. The predicted octanol–water partition coefficient (Wildman–Crippen LogP) is 1.59. The highest BCUT2D eigenvalue weighted by Gasteiger charge is 2.44. The topological polar surface area (TPSA) is 93.1 Å². The van der Waals surface area contributed by atoms with E-state index in [4.69, 9.17) is 14.6 Å². The summed E-state index contributed by atoms with van der Waals surface area (Å²) in [5.74, 6) is -1.80. The molecule has 25 heavy (non-hydrogen) atoms. The molecule has 0 saturated carbocycles. The average Bonchev–Trinajstić information content (AvgIpc) is 2.86. The minimum atomic E-state index is -0.713. The molecule has 1 aliphatic heterocycles. The van der Waals surface area contributed by atoms with Crippen LogP contribution in [0.1, 0.15) is 26.2 Å². The third kappa shape index (κ3) is 4.46. The number of carbonyl (C=O) groups excluding carboxylic acids is 2. The van der Waals surface area contributed by atoms with Crippen LogP contribution < -0.4 is 0 Å². The monoisotopic (exact) mass is 348 g/mol. The Morgan fingerprint density at radius 1 is 1.44 bits per heavy atom. The van der Waals surface area contributed by atoms with Crippen LogP contribution in [0.2, 0.25) is 0 Å². The number of allylic oxidation sites excluding steroid dienone is 1. The number of ether oxygens (including phenoxy) is 2. The first-order valence-corrected chi connectivity index (χ1v) is 8.22. The van der Waals surface area contributed by atoms with Gasteiger partial charge in [0.2, 0.25) is 0 Å². The van der Waals surface area contributed by atoms with Crippen LogP contribution in [0.3, 0.4) is 0 Å². The summed E-state index contributed by atoms with van der Waals surface area (Å²) in [4.78, 5) is 24.1. The molecule has 2 N–H and O–H groups in total. The molecule has 136 valence electrons. The smallest absolute Gasteiger partial charge is 0.336 e. The fourth-order valence-corrected chi connectivity index (χ4v) is 3.06. The van der Waals surface area contributed by atoms with E-state index in [0.717, 1.165) is 17.6 Å². The van der Waals surface area contributed by atoms with Gasteiger partial charge in [0.15, 0.2) is 0 Å². The van der Waals surface area contributed by atoms with E-state index in [0.29, 0.717) is 12.8 Å². The average molecular weight is 348 g/mol. The van der Waals surface area contributed by atoms with Crippen LogP contribution in [-0.4, -0.2) is 47.6 Å². The lowest BCUT2D eigenvalue weighted by Gasteiger charge is -2.27. The first kappa shape index (κ1) is 19.1. The van der Waals surface area contributed by atoms with Crippen LogP contribution in [0.4, 0.5) is 0 Å². The predicted molar refractivity (Wildman–Crippen MR) is 91.4 cm³/mol. The van der Waals surface area contributed by atoms with Crippen molar-refractivity contribution in [2.75, 3.05) is 13.2 Å². The molecular formula is C19H24O6.